The van der Waals surface area contributed by atoms with E-state index in [-0.39, 0.29) is 5.91 Å². The normalized spacial score (nSPS) is 13.3. The van der Waals surface area contributed by atoms with Crippen molar-refractivity contribution in [3.8, 4) is 11.8 Å². The van der Waals surface area contributed by atoms with Crippen LogP contribution in [0.3, 0.4) is 0 Å². The van der Waals surface area contributed by atoms with E-state index in [2.05, 4.69) is 16.4 Å². The van der Waals surface area contributed by atoms with Crippen molar-refractivity contribution in [1.82, 2.24) is 9.47 Å². The van der Waals surface area contributed by atoms with Crippen molar-refractivity contribution in [2.45, 2.75) is 13.1 Å². The largest absolute Gasteiger partial charge is 0.348 e. The summed E-state index contributed by atoms with van der Waals surface area (Å²) in [7, 11) is 0. The minimum absolute atomic E-state index is 0.141. The van der Waals surface area contributed by atoms with Gasteiger partial charge in [0.1, 0.15) is 0 Å². The Bertz CT molecular complexity index is 709. The fraction of sp³-hybridized carbons (Fsp3) is 0.188. The van der Waals surface area contributed by atoms with E-state index >= 15 is 0 Å². The number of carbonyl (C=O) groups is 1. The van der Waals surface area contributed by atoms with Gasteiger partial charge in [0.05, 0.1) is 6.54 Å². The molecule has 0 fully saturated rings. The topological polar surface area (TPSA) is 25.2 Å². The Morgan fingerprint density at radius 3 is 2.95 bits per heavy atom. The molecule has 0 aliphatic carbocycles. The molecule has 0 radical (unpaired) electrons. The number of hydrogen-bond acceptors (Lipinski definition) is 1. The van der Waals surface area contributed by atoms with Crippen LogP contribution in [0.2, 0.25) is 5.02 Å². The molecule has 0 atom stereocenters. The number of halogens is 1. The van der Waals surface area contributed by atoms with Gasteiger partial charge in [-0.25, -0.2) is 0 Å². The Hall–Kier alpha value is -2.18. The second kappa shape index (κ2) is 5.44. The summed E-state index contributed by atoms with van der Waals surface area (Å²) in [5.74, 6) is 5.41. The lowest BCUT2D eigenvalue weighted by Gasteiger charge is -2.26. The fourth-order valence-electron chi connectivity index (χ4n) is 2.26. The molecule has 0 unspecified atom stereocenters. The summed E-state index contributed by atoms with van der Waals surface area (Å²) in [6.45, 7) is 2.15. The van der Waals surface area contributed by atoms with Crippen LogP contribution in [0, 0.1) is 11.8 Å². The average Bonchev–Trinajstić information content (AvgIpc) is 2.92. The second-order valence-electron chi connectivity index (χ2n) is 4.68. The van der Waals surface area contributed by atoms with Crippen LogP contribution in [0.25, 0.3) is 0 Å². The van der Waals surface area contributed by atoms with E-state index in [1.165, 1.54) is 0 Å². The van der Waals surface area contributed by atoms with Gasteiger partial charge in [-0.1, -0.05) is 23.6 Å². The summed E-state index contributed by atoms with van der Waals surface area (Å²) in [6.07, 6.45) is 2.04. The van der Waals surface area contributed by atoms with E-state index in [4.69, 9.17) is 11.6 Å². The molecule has 0 N–H and O–H groups in total. The standard InChI is InChI=1S/C16H13ClN2O/c17-14-4-1-3-13(11-14)6-7-16(20)19-10-9-18-8-2-5-15(18)12-19/h1-5,8,11H,9-10,12H2. The lowest BCUT2D eigenvalue weighted by molar-refractivity contribution is -0.126. The van der Waals surface area contributed by atoms with Crippen LogP contribution in [-0.4, -0.2) is 21.9 Å². The summed E-state index contributed by atoms with van der Waals surface area (Å²) < 4.78 is 2.16. The SMILES string of the molecule is O=C(C#Cc1cccc(Cl)c1)N1CCn2cccc2C1. The Balaban J connectivity index is 1.72. The first-order chi connectivity index (χ1) is 9.72. The average molecular weight is 285 g/mol. The Morgan fingerprint density at radius 1 is 1.20 bits per heavy atom. The first kappa shape index (κ1) is 12.8. The van der Waals surface area contributed by atoms with Crippen LogP contribution >= 0.6 is 11.6 Å². The highest BCUT2D eigenvalue weighted by Crippen LogP contribution is 2.13. The zero-order valence-electron chi connectivity index (χ0n) is 10.8. The van der Waals surface area contributed by atoms with Crippen molar-refractivity contribution in [3.05, 3.63) is 58.9 Å². The lowest BCUT2D eigenvalue weighted by Crippen LogP contribution is -2.37. The lowest BCUT2D eigenvalue weighted by atomic mass is 10.2. The van der Waals surface area contributed by atoms with E-state index in [0.29, 0.717) is 18.1 Å². The van der Waals surface area contributed by atoms with Crippen LogP contribution in [0.15, 0.2) is 42.6 Å². The van der Waals surface area contributed by atoms with Crippen molar-refractivity contribution >= 4 is 17.5 Å². The number of rotatable bonds is 0. The molecule has 20 heavy (non-hydrogen) atoms. The van der Waals surface area contributed by atoms with E-state index in [9.17, 15) is 4.79 Å². The van der Waals surface area contributed by atoms with Gasteiger partial charge >= 0.3 is 0 Å². The molecule has 4 heteroatoms. The smallest absolute Gasteiger partial charge is 0.299 e. The van der Waals surface area contributed by atoms with E-state index in [1.807, 2.05) is 30.5 Å². The molecule has 0 bridgehead atoms. The number of fused-ring (bicyclic) bond motifs is 1. The number of amides is 1. The molecule has 1 aromatic carbocycles. The number of hydrogen-bond donors (Lipinski definition) is 0. The third-order valence-electron chi connectivity index (χ3n) is 3.31. The molecule has 2 aromatic rings. The van der Waals surface area contributed by atoms with Crippen molar-refractivity contribution in [3.63, 3.8) is 0 Å². The van der Waals surface area contributed by atoms with Gasteiger partial charge in [0.15, 0.2) is 0 Å². The molecule has 1 aliphatic heterocycles. The van der Waals surface area contributed by atoms with Crippen molar-refractivity contribution < 1.29 is 4.79 Å². The molecular formula is C16H13ClN2O. The van der Waals surface area contributed by atoms with Crippen molar-refractivity contribution in [2.24, 2.45) is 0 Å². The zero-order valence-corrected chi connectivity index (χ0v) is 11.6. The Morgan fingerprint density at radius 2 is 2.10 bits per heavy atom. The van der Waals surface area contributed by atoms with E-state index < -0.39 is 0 Å². The first-order valence-electron chi connectivity index (χ1n) is 6.43. The third-order valence-corrected chi connectivity index (χ3v) is 3.55. The molecule has 0 saturated carbocycles. The van der Waals surface area contributed by atoms with E-state index in [1.54, 1.807) is 17.0 Å². The molecule has 2 heterocycles. The van der Waals surface area contributed by atoms with Gasteiger partial charge < -0.3 is 9.47 Å². The van der Waals surface area contributed by atoms with Crippen LogP contribution in [0.5, 0.6) is 0 Å². The van der Waals surface area contributed by atoms with Crippen LogP contribution in [0.1, 0.15) is 11.3 Å². The van der Waals surface area contributed by atoms with Gasteiger partial charge in [0.25, 0.3) is 5.91 Å². The van der Waals surface area contributed by atoms with Crippen LogP contribution in [-0.2, 0) is 17.9 Å². The maximum atomic E-state index is 12.1. The summed E-state index contributed by atoms with van der Waals surface area (Å²) in [5.41, 5.74) is 1.90. The molecule has 100 valence electrons. The highest BCUT2D eigenvalue weighted by Gasteiger charge is 2.18. The Labute approximate surface area is 122 Å². The van der Waals surface area contributed by atoms with Crippen molar-refractivity contribution in [1.29, 1.82) is 0 Å². The molecule has 3 nitrogen and oxygen atoms in total. The fourth-order valence-corrected chi connectivity index (χ4v) is 2.45. The van der Waals surface area contributed by atoms with Gasteiger partial charge in [0, 0.05) is 41.5 Å². The highest BCUT2D eigenvalue weighted by molar-refractivity contribution is 6.30. The van der Waals surface area contributed by atoms with Crippen LogP contribution in [0.4, 0.5) is 0 Å². The van der Waals surface area contributed by atoms with Gasteiger partial charge in [-0.2, -0.15) is 0 Å². The molecular weight excluding hydrogens is 272 g/mol. The molecule has 3 rings (SSSR count). The predicted molar refractivity (Wildman–Crippen MR) is 78.2 cm³/mol. The van der Waals surface area contributed by atoms with Gasteiger partial charge in [-0.3, -0.25) is 4.79 Å². The van der Waals surface area contributed by atoms with Gasteiger partial charge in [-0.05, 0) is 30.3 Å². The highest BCUT2D eigenvalue weighted by atomic mass is 35.5. The van der Waals surface area contributed by atoms with Crippen molar-refractivity contribution in [2.75, 3.05) is 6.54 Å². The first-order valence-corrected chi connectivity index (χ1v) is 6.81. The quantitative estimate of drug-likeness (QED) is 0.683. The number of benzene rings is 1. The third kappa shape index (κ3) is 2.71. The summed E-state index contributed by atoms with van der Waals surface area (Å²) in [6, 6.07) is 11.2. The number of carbonyl (C=O) groups excluding carboxylic acids is 1. The monoisotopic (exact) mass is 284 g/mol. The summed E-state index contributed by atoms with van der Waals surface area (Å²) >= 11 is 5.89. The zero-order chi connectivity index (χ0) is 13.9. The number of nitrogens with zero attached hydrogens (tertiary/aromatic N) is 2. The summed E-state index contributed by atoms with van der Waals surface area (Å²) in [4.78, 5) is 13.9. The van der Waals surface area contributed by atoms with Gasteiger partial charge in [0.2, 0.25) is 0 Å². The minimum atomic E-state index is -0.141. The predicted octanol–water partition coefficient (Wildman–Crippen LogP) is 2.54. The minimum Gasteiger partial charge on any atom is -0.348 e. The number of aromatic nitrogens is 1. The molecule has 1 aliphatic rings. The summed E-state index contributed by atoms with van der Waals surface area (Å²) in [5, 5.41) is 0.625. The molecule has 0 saturated heterocycles. The van der Waals surface area contributed by atoms with E-state index in [0.717, 1.165) is 17.8 Å². The molecule has 1 aromatic heterocycles. The van der Waals surface area contributed by atoms with Crippen LogP contribution < -0.4 is 0 Å². The molecule has 1 amide bonds. The Kier molecular flexibility index (Phi) is 3.49. The van der Waals surface area contributed by atoms with Gasteiger partial charge in [-0.15, -0.1) is 0 Å². The molecule has 0 spiro atoms. The second-order valence-corrected chi connectivity index (χ2v) is 5.12. The maximum absolute atomic E-state index is 12.1. The maximum Gasteiger partial charge on any atom is 0.299 e.